The van der Waals surface area contributed by atoms with Crippen LogP contribution in [0.15, 0.2) is 18.2 Å². The molecule has 0 fully saturated rings. The molecule has 0 bridgehead atoms. The van der Waals surface area contributed by atoms with Gasteiger partial charge >= 0.3 is 0 Å². The van der Waals surface area contributed by atoms with E-state index in [-0.39, 0.29) is 12.3 Å². The molecule has 0 unspecified atom stereocenters. The molecule has 0 aliphatic rings. The van der Waals surface area contributed by atoms with Crippen molar-refractivity contribution in [3.05, 3.63) is 28.8 Å². The fourth-order valence-electron chi connectivity index (χ4n) is 1.34. The average Bonchev–Trinajstić information content (AvgIpc) is 2.29. The molecule has 1 aromatic rings. The van der Waals surface area contributed by atoms with Gasteiger partial charge in [-0.05, 0) is 18.2 Å². The summed E-state index contributed by atoms with van der Waals surface area (Å²) in [5.41, 5.74) is 1.08. The van der Waals surface area contributed by atoms with Crippen LogP contribution in [0.2, 0.25) is 5.02 Å². The maximum atomic E-state index is 11.4. The number of hydrogen-bond acceptors (Lipinski definition) is 4. The van der Waals surface area contributed by atoms with E-state index in [2.05, 4.69) is 10.0 Å². The first-order chi connectivity index (χ1) is 8.48. The summed E-state index contributed by atoms with van der Waals surface area (Å²) in [7, 11) is -3.22. The number of benzene rings is 1. The number of nitrogens with one attached hydrogen (secondary N) is 2. The fraction of sp³-hybridized carbons (Fsp3) is 0.364. The third kappa shape index (κ3) is 4.53. The maximum Gasteiger partial charge on any atom is 0.213 e. The van der Waals surface area contributed by atoms with Gasteiger partial charge in [0.15, 0.2) is 0 Å². The molecule has 1 rings (SSSR count). The third-order valence-corrected chi connectivity index (χ3v) is 3.94. The zero-order valence-corrected chi connectivity index (χ0v) is 11.5. The molecule has 5 nitrogen and oxygen atoms in total. The SMILES string of the molecule is CCNS(=O)(=O)CCNc1ccc(C#N)c(Cl)c1. The van der Waals surface area contributed by atoms with Gasteiger partial charge in [-0.15, -0.1) is 0 Å². The molecule has 0 radical (unpaired) electrons. The number of halogens is 1. The van der Waals surface area contributed by atoms with E-state index in [1.807, 2.05) is 6.07 Å². The highest BCUT2D eigenvalue weighted by atomic mass is 35.5. The van der Waals surface area contributed by atoms with Crippen molar-refractivity contribution in [2.75, 3.05) is 24.2 Å². The van der Waals surface area contributed by atoms with E-state index in [4.69, 9.17) is 16.9 Å². The largest absolute Gasteiger partial charge is 0.384 e. The Kier molecular flexibility index (Phi) is 5.41. The molecule has 0 atom stereocenters. The monoisotopic (exact) mass is 287 g/mol. The lowest BCUT2D eigenvalue weighted by molar-refractivity contribution is 0.584. The van der Waals surface area contributed by atoms with E-state index in [0.717, 1.165) is 0 Å². The zero-order valence-electron chi connectivity index (χ0n) is 9.90. The minimum absolute atomic E-state index is 0.0154. The topological polar surface area (TPSA) is 82.0 Å². The minimum atomic E-state index is -3.22. The van der Waals surface area contributed by atoms with E-state index in [9.17, 15) is 8.42 Å². The predicted molar refractivity (Wildman–Crippen MR) is 72.1 cm³/mol. The summed E-state index contributed by atoms with van der Waals surface area (Å²) < 4.78 is 25.1. The number of nitriles is 1. The number of hydrogen-bond donors (Lipinski definition) is 2. The Balaban J connectivity index is 2.55. The van der Waals surface area contributed by atoms with Gasteiger partial charge in [-0.1, -0.05) is 18.5 Å². The highest BCUT2D eigenvalue weighted by Crippen LogP contribution is 2.19. The molecule has 1 aromatic carbocycles. The van der Waals surface area contributed by atoms with Crippen LogP contribution in [-0.4, -0.2) is 27.3 Å². The summed E-state index contributed by atoms with van der Waals surface area (Å²) in [6, 6.07) is 6.82. The number of anilines is 1. The van der Waals surface area contributed by atoms with Gasteiger partial charge in [-0.3, -0.25) is 0 Å². The second kappa shape index (κ2) is 6.59. The van der Waals surface area contributed by atoms with E-state index >= 15 is 0 Å². The summed E-state index contributed by atoms with van der Waals surface area (Å²) in [5.74, 6) is -0.0154. The van der Waals surface area contributed by atoms with Crippen molar-refractivity contribution >= 4 is 27.3 Å². The second-order valence-electron chi connectivity index (χ2n) is 3.55. The van der Waals surface area contributed by atoms with Crippen LogP contribution in [0.5, 0.6) is 0 Å². The van der Waals surface area contributed by atoms with Gasteiger partial charge in [0, 0.05) is 18.8 Å². The van der Waals surface area contributed by atoms with Gasteiger partial charge in [0.2, 0.25) is 10.0 Å². The van der Waals surface area contributed by atoms with Crippen molar-refractivity contribution in [3.63, 3.8) is 0 Å². The van der Waals surface area contributed by atoms with Crippen LogP contribution >= 0.6 is 11.6 Å². The lowest BCUT2D eigenvalue weighted by Gasteiger charge is -2.08. The second-order valence-corrected chi connectivity index (χ2v) is 5.88. The first-order valence-corrected chi connectivity index (χ1v) is 7.42. The fourth-order valence-corrected chi connectivity index (χ4v) is 2.52. The molecule has 7 heteroatoms. The average molecular weight is 288 g/mol. The van der Waals surface area contributed by atoms with E-state index in [1.54, 1.807) is 25.1 Å². The zero-order chi connectivity index (χ0) is 13.6. The van der Waals surface area contributed by atoms with Crippen LogP contribution in [0.4, 0.5) is 5.69 Å². The molecule has 0 heterocycles. The van der Waals surface area contributed by atoms with Crippen molar-refractivity contribution in [1.82, 2.24) is 4.72 Å². The molecule has 98 valence electrons. The molecule has 0 spiro atoms. The molecule has 18 heavy (non-hydrogen) atoms. The summed E-state index contributed by atoms with van der Waals surface area (Å²) in [4.78, 5) is 0. The van der Waals surface area contributed by atoms with Crippen molar-refractivity contribution in [1.29, 1.82) is 5.26 Å². The summed E-state index contributed by atoms with van der Waals surface area (Å²) >= 11 is 5.85. The molecule has 0 saturated heterocycles. The smallest absolute Gasteiger partial charge is 0.213 e. The molecule has 0 saturated carbocycles. The van der Waals surface area contributed by atoms with Crippen molar-refractivity contribution in [2.45, 2.75) is 6.92 Å². The lowest BCUT2D eigenvalue weighted by Crippen LogP contribution is -2.29. The summed E-state index contributed by atoms with van der Waals surface area (Å²) in [6.45, 7) is 2.38. The van der Waals surface area contributed by atoms with Crippen LogP contribution in [0.25, 0.3) is 0 Å². The molecular weight excluding hydrogens is 274 g/mol. The molecular formula is C11H14ClN3O2S. The van der Waals surface area contributed by atoms with Crippen molar-refractivity contribution in [3.8, 4) is 6.07 Å². The van der Waals surface area contributed by atoms with Crippen molar-refractivity contribution < 1.29 is 8.42 Å². The Hall–Kier alpha value is -1.29. The predicted octanol–water partition coefficient (Wildman–Crippen LogP) is 1.56. The highest BCUT2D eigenvalue weighted by Gasteiger charge is 2.07. The molecule has 0 amide bonds. The number of rotatable bonds is 6. The number of sulfonamides is 1. The van der Waals surface area contributed by atoms with Crippen LogP contribution in [-0.2, 0) is 10.0 Å². The lowest BCUT2D eigenvalue weighted by atomic mass is 10.2. The van der Waals surface area contributed by atoms with Gasteiger partial charge < -0.3 is 5.32 Å². The summed E-state index contributed by atoms with van der Waals surface area (Å²) in [6.07, 6.45) is 0. The Bertz CT molecular complexity index is 552. The van der Waals surface area contributed by atoms with Crippen LogP contribution < -0.4 is 10.0 Å². The van der Waals surface area contributed by atoms with Gasteiger partial charge in [-0.2, -0.15) is 5.26 Å². The molecule has 0 aliphatic heterocycles. The molecule has 2 N–H and O–H groups in total. The quantitative estimate of drug-likeness (QED) is 0.832. The Labute approximate surface area is 112 Å². The van der Waals surface area contributed by atoms with Crippen LogP contribution in [0.3, 0.4) is 0 Å². The van der Waals surface area contributed by atoms with E-state index in [0.29, 0.717) is 22.8 Å². The standard InChI is InChI=1S/C11H14ClN3O2S/c1-2-15-18(16,17)6-5-14-10-4-3-9(8-13)11(12)7-10/h3-4,7,14-15H,2,5-6H2,1H3. The van der Waals surface area contributed by atoms with Gasteiger partial charge in [0.1, 0.15) is 6.07 Å². The Morgan fingerprint density at radius 3 is 2.72 bits per heavy atom. The van der Waals surface area contributed by atoms with E-state index < -0.39 is 10.0 Å². The summed E-state index contributed by atoms with van der Waals surface area (Å²) in [5, 5.41) is 12.0. The van der Waals surface area contributed by atoms with Crippen molar-refractivity contribution in [2.24, 2.45) is 0 Å². The first-order valence-electron chi connectivity index (χ1n) is 5.39. The third-order valence-electron chi connectivity index (χ3n) is 2.15. The Morgan fingerprint density at radius 2 is 2.17 bits per heavy atom. The van der Waals surface area contributed by atoms with Gasteiger partial charge in [-0.25, -0.2) is 13.1 Å². The molecule has 0 aliphatic carbocycles. The maximum absolute atomic E-state index is 11.4. The number of nitrogens with zero attached hydrogens (tertiary/aromatic N) is 1. The van der Waals surface area contributed by atoms with Crippen LogP contribution in [0, 0.1) is 11.3 Å². The van der Waals surface area contributed by atoms with E-state index in [1.165, 1.54) is 0 Å². The first kappa shape index (κ1) is 14.8. The van der Waals surface area contributed by atoms with Crippen LogP contribution in [0.1, 0.15) is 12.5 Å². The minimum Gasteiger partial charge on any atom is -0.384 e. The van der Waals surface area contributed by atoms with Gasteiger partial charge in [0.05, 0.1) is 16.3 Å². The van der Waals surface area contributed by atoms with Gasteiger partial charge in [0.25, 0.3) is 0 Å². The normalized spacial score (nSPS) is 10.9. The molecule has 0 aromatic heterocycles. The highest BCUT2D eigenvalue weighted by molar-refractivity contribution is 7.89. The Morgan fingerprint density at radius 1 is 1.44 bits per heavy atom.